The number of anilines is 1. The van der Waals surface area contributed by atoms with Crippen molar-refractivity contribution < 1.29 is 8.42 Å². The molecule has 0 saturated heterocycles. The third kappa shape index (κ3) is 3.39. The van der Waals surface area contributed by atoms with Crippen LogP contribution in [-0.2, 0) is 16.4 Å². The lowest BCUT2D eigenvalue weighted by atomic mass is 10.3. The lowest BCUT2D eigenvalue weighted by molar-refractivity contribution is 0.532. The summed E-state index contributed by atoms with van der Waals surface area (Å²) in [5, 5.41) is 7.41. The highest BCUT2D eigenvalue weighted by molar-refractivity contribution is 7.90. The fraction of sp³-hybridized carbons (Fsp3) is 0.357. The second-order valence-corrected chi connectivity index (χ2v) is 7.03. The van der Waals surface area contributed by atoms with Crippen LogP contribution in [0.25, 0.3) is 0 Å². The molecule has 1 N–H and O–H groups in total. The summed E-state index contributed by atoms with van der Waals surface area (Å²) < 4.78 is 25.3. The molecule has 20 heavy (non-hydrogen) atoms. The molecule has 0 fully saturated rings. The van der Waals surface area contributed by atoms with Crippen molar-refractivity contribution in [1.29, 1.82) is 0 Å². The standard InChI is InChI=1S/C14H19N3O2S/c1-11(2)17-10-12(9-16-17)8-15-13-6-4-5-7-14(13)20(3,18)19/h4-7,9-11,15H,8H2,1-3H3. The molecule has 0 aliphatic heterocycles. The maximum absolute atomic E-state index is 11.7. The molecule has 0 saturated carbocycles. The summed E-state index contributed by atoms with van der Waals surface area (Å²) >= 11 is 0. The molecule has 0 unspecified atom stereocenters. The molecule has 0 amide bonds. The van der Waals surface area contributed by atoms with E-state index in [0.29, 0.717) is 23.2 Å². The number of aromatic nitrogens is 2. The van der Waals surface area contributed by atoms with Gasteiger partial charge in [-0.05, 0) is 26.0 Å². The van der Waals surface area contributed by atoms with Gasteiger partial charge in [-0.2, -0.15) is 5.10 Å². The molecule has 108 valence electrons. The quantitative estimate of drug-likeness (QED) is 0.920. The van der Waals surface area contributed by atoms with Crippen molar-refractivity contribution in [3.05, 3.63) is 42.2 Å². The molecule has 6 heteroatoms. The van der Waals surface area contributed by atoms with Crippen molar-refractivity contribution >= 4 is 15.5 Å². The van der Waals surface area contributed by atoms with Crippen LogP contribution < -0.4 is 5.32 Å². The van der Waals surface area contributed by atoms with Gasteiger partial charge in [-0.3, -0.25) is 4.68 Å². The zero-order valence-electron chi connectivity index (χ0n) is 11.9. The number of rotatable bonds is 5. The van der Waals surface area contributed by atoms with Gasteiger partial charge in [0.2, 0.25) is 0 Å². The van der Waals surface area contributed by atoms with Gasteiger partial charge in [0.1, 0.15) is 0 Å². The molecule has 1 aromatic heterocycles. The molecule has 2 rings (SSSR count). The minimum Gasteiger partial charge on any atom is -0.380 e. The Balaban J connectivity index is 2.15. The van der Waals surface area contributed by atoms with Crippen molar-refractivity contribution in [2.24, 2.45) is 0 Å². The predicted octanol–water partition coefficient (Wildman–Crippen LogP) is 2.48. The molecule has 0 radical (unpaired) electrons. The van der Waals surface area contributed by atoms with E-state index in [9.17, 15) is 8.42 Å². The van der Waals surface area contributed by atoms with Gasteiger partial charge in [0, 0.05) is 30.6 Å². The predicted molar refractivity (Wildman–Crippen MR) is 79.5 cm³/mol. The van der Waals surface area contributed by atoms with Gasteiger partial charge in [-0.25, -0.2) is 8.42 Å². The molecule has 0 aliphatic rings. The molecule has 1 aromatic carbocycles. The zero-order chi connectivity index (χ0) is 14.8. The monoisotopic (exact) mass is 293 g/mol. The molecule has 0 atom stereocenters. The Morgan fingerprint density at radius 3 is 2.60 bits per heavy atom. The molecule has 1 heterocycles. The fourth-order valence-electron chi connectivity index (χ4n) is 1.88. The summed E-state index contributed by atoms with van der Waals surface area (Å²) in [7, 11) is -3.23. The number of nitrogens with one attached hydrogen (secondary N) is 1. The average molecular weight is 293 g/mol. The Labute approximate surface area is 119 Å². The maximum Gasteiger partial charge on any atom is 0.177 e. The maximum atomic E-state index is 11.7. The van der Waals surface area contributed by atoms with Crippen LogP contribution >= 0.6 is 0 Å². The third-order valence-corrected chi connectivity index (χ3v) is 4.11. The summed E-state index contributed by atoms with van der Waals surface area (Å²) in [4.78, 5) is 0.316. The van der Waals surface area contributed by atoms with Crippen molar-refractivity contribution in [3.8, 4) is 0 Å². The van der Waals surface area contributed by atoms with E-state index in [0.717, 1.165) is 5.56 Å². The van der Waals surface area contributed by atoms with Gasteiger partial charge in [0.25, 0.3) is 0 Å². The Morgan fingerprint density at radius 2 is 2.00 bits per heavy atom. The minimum absolute atomic E-state index is 0.312. The first-order valence-electron chi connectivity index (χ1n) is 6.44. The van der Waals surface area contributed by atoms with Gasteiger partial charge in [0.05, 0.1) is 16.8 Å². The highest BCUT2D eigenvalue weighted by atomic mass is 32.2. The van der Waals surface area contributed by atoms with E-state index in [1.165, 1.54) is 6.26 Å². The topological polar surface area (TPSA) is 64.0 Å². The number of hydrogen-bond donors (Lipinski definition) is 1. The lowest BCUT2D eigenvalue weighted by Crippen LogP contribution is -2.06. The number of sulfone groups is 1. The van der Waals surface area contributed by atoms with Crippen LogP contribution in [-0.4, -0.2) is 24.5 Å². The van der Waals surface area contributed by atoms with Crippen molar-refractivity contribution in [3.63, 3.8) is 0 Å². The smallest absolute Gasteiger partial charge is 0.177 e. The summed E-state index contributed by atoms with van der Waals surface area (Å²) in [6.07, 6.45) is 4.96. The van der Waals surface area contributed by atoms with E-state index in [1.54, 1.807) is 24.4 Å². The van der Waals surface area contributed by atoms with Gasteiger partial charge < -0.3 is 5.32 Å². The van der Waals surface area contributed by atoms with E-state index >= 15 is 0 Å². The van der Waals surface area contributed by atoms with Crippen LogP contribution in [0.15, 0.2) is 41.6 Å². The molecule has 0 aliphatic carbocycles. The van der Waals surface area contributed by atoms with Crippen molar-refractivity contribution in [2.75, 3.05) is 11.6 Å². The first-order chi connectivity index (χ1) is 9.38. The number of nitrogens with zero attached hydrogens (tertiary/aromatic N) is 2. The zero-order valence-corrected chi connectivity index (χ0v) is 12.7. The first kappa shape index (κ1) is 14.6. The Hall–Kier alpha value is -1.82. The summed E-state index contributed by atoms with van der Waals surface area (Å²) in [5.74, 6) is 0. The van der Waals surface area contributed by atoms with E-state index < -0.39 is 9.84 Å². The minimum atomic E-state index is -3.23. The van der Waals surface area contributed by atoms with E-state index in [1.807, 2.05) is 16.9 Å². The van der Waals surface area contributed by atoms with Crippen molar-refractivity contribution in [1.82, 2.24) is 9.78 Å². The van der Waals surface area contributed by atoms with Crippen LogP contribution in [0.5, 0.6) is 0 Å². The van der Waals surface area contributed by atoms with E-state index in [-0.39, 0.29) is 0 Å². The number of para-hydroxylation sites is 1. The summed E-state index contributed by atoms with van der Waals surface area (Å²) in [6, 6.07) is 7.22. The average Bonchev–Trinajstić information content (AvgIpc) is 2.84. The summed E-state index contributed by atoms with van der Waals surface area (Å²) in [5.41, 5.74) is 1.63. The second kappa shape index (κ2) is 5.66. The largest absolute Gasteiger partial charge is 0.380 e. The van der Waals surface area contributed by atoms with Crippen LogP contribution in [0.1, 0.15) is 25.5 Å². The molecule has 2 aromatic rings. The van der Waals surface area contributed by atoms with Crippen LogP contribution in [0.2, 0.25) is 0 Å². The fourth-order valence-corrected chi connectivity index (χ4v) is 2.75. The van der Waals surface area contributed by atoms with E-state index in [2.05, 4.69) is 24.3 Å². The normalized spacial score (nSPS) is 11.8. The highest BCUT2D eigenvalue weighted by Crippen LogP contribution is 2.21. The molecule has 5 nitrogen and oxygen atoms in total. The Morgan fingerprint density at radius 1 is 1.30 bits per heavy atom. The molecule has 0 bridgehead atoms. The number of hydrogen-bond acceptors (Lipinski definition) is 4. The lowest BCUT2D eigenvalue weighted by Gasteiger charge is -2.09. The van der Waals surface area contributed by atoms with Gasteiger partial charge in [-0.15, -0.1) is 0 Å². The number of benzene rings is 1. The third-order valence-electron chi connectivity index (χ3n) is 2.95. The highest BCUT2D eigenvalue weighted by Gasteiger charge is 2.12. The van der Waals surface area contributed by atoms with Crippen molar-refractivity contribution in [2.45, 2.75) is 31.3 Å². The molecule has 0 spiro atoms. The van der Waals surface area contributed by atoms with Crippen LogP contribution in [0.3, 0.4) is 0 Å². The molecular weight excluding hydrogens is 274 g/mol. The SMILES string of the molecule is CC(C)n1cc(CNc2ccccc2S(C)(=O)=O)cn1. The van der Waals surface area contributed by atoms with Gasteiger partial charge >= 0.3 is 0 Å². The Bertz CT molecular complexity index is 690. The van der Waals surface area contributed by atoms with E-state index in [4.69, 9.17) is 0 Å². The van der Waals surface area contributed by atoms with Gasteiger partial charge in [-0.1, -0.05) is 12.1 Å². The second-order valence-electron chi connectivity index (χ2n) is 5.04. The molecular formula is C14H19N3O2S. The van der Waals surface area contributed by atoms with Crippen LogP contribution in [0.4, 0.5) is 5.69 Å². The van der Waals surface area contributed by atoms with Crippen LogP contribution in [0, 0.1) is 0 Å². The summed E-state index contributed by atoms with van der Waals surface area (Å²) in [6.45, 7) is 4.66. The van der Waals surface area contributed by atoms with Gasteiger partial charge in [0.15, 0.2) is 9.84 Å². The first-order valence-corrected chi connectivity index (χ1v) is 8.33. The Kier molecular flexibility index (Phi) is 4.13.